The van der Waals surface area contributed by atoms with E-state index >= 15 is 0 Å². The second-order valence-electron chi connectivity index (χ2n) is 2.84. The van der Waals surface area contributed by atoms with E-state index in [1.807, 2.05) is 13.8 Å². The van der Waals surface area contributed by atoms with Gasteiger partial charge in [-0.25, -0.2) is 0 Å². The molecule has 58 valence electrons. The highest BCUT2D eigenvalue weighted by molar-refractivity contribution is 5.92. The summed E-state index contributed by atoms with van der Waals surface area (Å²) in [7, 11) is 1.68. The van der Waals surface area contributed by atoms with E-state index in [1.165, 1.54) is 0 Å². The summed E-state index contributed by atoms with van der Waals surface area (Å²) in [5.74, 6) is 0. The largest absolute Gasteiger partial charge is 0.395 e. The third-order valence-electron chi connectivity index (χ3n) is 1.81. The lowest BCUT2D eigenvalue weighted by Crippen LogP contribution is -2.32. The van der Waals surface area contributed by atoms with Crippen LogP contribution in [0.3, 0.4) is 0 Å². The van der Waals surface area contributed by atoms with Crippen LogP contribution >= 0.6 is 0 Å². The van der Waals surface area contributed by atoms with Crippen LogP contribution in [0, 0.1) is 0 Å². The van der Waals surface area contributed by atoms with E-state index in [0.29, 0.717) is 6.61 Å². The molecule has 1 heterocycles. The summed E-state index contributed by atoms with van der Waals surface area (Å²) in [6, 6.07) is 0. The van der Waals surface area contributed by atoms with Gasteiger partial charge in [-0.2, -0.15) is 0 Å². The molecule has 0 aromatic heterocycles. The third kappa shape index (κ3) is 1.29. The fraction of sp³-hybridized carbons (Fsp3) is 0.857. The summed E-state index contributed by atoms with van der Waals surface area (Å²) >= 11 is 0. The molecule has 0 saturated carbocycles. The molecule has 0 aromatic rings. The Morgan fingerprint density at radius 3 is 2.70 bits per heavy atom. The Kier molecular flexibility index (Phi) is 1.94. The molecular formula is C7H13NO2. The van der Waals surface area contributed by atoms with Crippen molar-refractivity contribution in [2.75, 3.05) is 13.7 Å². The first kappa shape index (κ1) is 7.54. The number of hydrogen-bond donors (Lipinski definition) is 0. The Hall–Kier alpha value is -0.570. The second-order valence-corrected chi connectivity index (χ2v) is 2.84. The third-order valence-corrected chi connectivity index (χ3v) is 1.81. The molecule has 0 unspecified atom stereocenters. The van der Waals surface area contributed by atoms with E-state index in [9.17, 15) is 0 Å². The maximum absolute atomic E-state index is 5.21. The van der Waals surface area contributed by atoms with E-state index < -0.39 is 0 Å². The van der Waals surface area contributed by atoms with Gasteiger partial charge in [0.2, 0.25) is 0 Å². The van der Waals surface area contributed by atoms with Crippen molar-refractivity contribution in [3.05, 3.63) is 0 Å². The summed E-state index contributed by atoms with van der Waals surface area (Å²) in [6.45, 7) is 4.67. The van der Waals surface area contributed by atoms with Crippen LogP contribution in [0.1, 0.15) is 20.3 Å². The number of hydrogen-bond acceptors (Lipinski definition) is 3. The zero-order valence-electron chi connectivity index (χ0n) is 6.68. The first-order valence-electron chi connectivity index (χ1n) is 3.41. The molecule has 0 N–H and O–H groups in total. The Labute approximate surface area is 61.0 Å². The summed E-state index contributed by atoms with van der Waals surface area (Å²) in [5, 5.41) is 3.87. The van der Waals surface area contributed by atoms with Gasteiger partial charge < -0.3 is 9.57 Å². The molecule has 3 nitrogen and oxygen atoms in total. The fourth-order valence-corrected chi connectivity index (χ4v) is 0.840. The average Bonchev–Trinajstić information content (AvgIpc) is 2.38. The van der Waals surface area contributed by atoms with Crippen LogP contribution in [0.4, 0.5) is 0 Å². The second kappa shape index (κ2) is 2.58. The minimum Gasteiger partial charge on any atom is -0.395 e. The van der Waals surface area contributed by atoms with Crippen molar-refractivity contribution in [3.63, 3.8) is 0 Å². The van der Waals surface area contributed by atoms with Gasteiger partial charge in [-0.05, 0) is 13.8 Å². The molecule has 0 spiro atoms. The van der Waals surface area contributed by atoms with E-state index in [2.05, 4.69) is 5.16 Å². The van der Waals surface area contributed by atoms with Crippen LogP contribution in [0.15, 0.2) is 5.16 Å². The number of ether oxygens (including phenoxy) is 1. The lowest BCUT2D eigenvalue weighted by Gasteiger charge is -2.20. The van der Waals surface area contributed by atoms with E-state index in [4.69, 9.17) is 9.57 Å². The SMILES string of the molecule is COC(C)(C)C1=NOCC1. The molecule has 1 aliphatic rings. The smallest absolute Gasteiger partial charge is 0.122 e. The highest BCUT2D eigenvalue weighted by atomic mass is 16.6. The maximum Gasteiger partial charge on any atom is 0.122 e. The van der Waals surface area contributed by atoms with Crippen molar-refractivity contribution in [3.8, 4) is 0 Å². The highest BCUT2D eigenvalue weighted by Crippen LogP contribution is 2.16. The minimum absolute atomic E-state index is 0.253. The molecule has 1 rings (SSSR count). The number of nitrogens with zero attached hydrogens (tertiary/aromatic N) is 1. The summed E-state index contributed by atoms with van der Waals surface area (Å²) in [4.78, 5) is 4.85. The van der Waals surface area contributed by atoms with Gasteiger partial charge in [-0.1, -0.05) is 5.16 Å². The van der Waals surface area contributed by atoms with E-state index in [-0.39, 0.29) is 5.60 Å². The first-order valence-corrected chi connectivity index (χ1v) is 3.41. The zero-order valence-corrected chi connectivity index (χ0v) is 6.68. The van der Waals surface area contributed by atoms with E-state index in [0.717, 1.165) is 12.1 Å². The average molecular weight is 143 g/mol. The Morgan fingerprint density at radius 2 is 2.30 bits per heavy atom. The minimum atomic E-state index is -0.253. The molecule has 0 amide bonds. The van der Waals surface area contributed by atoms with Gasteiger partial charge in [0, 0.05) is 13.5 Å². The first-order chi connectivity index (χ1) is 4.67. The molecular weight excluding hydrogens is 130 g/mol. The van der Waals surface area contributed by atoms with Gasteiger partial charge in [0.1, 0.15) is 12.2 Å². The van der Waals surface area contributed by atoms with Crippen molar-refractivity contribution in [1.29, 1.82) is 0 Å². The molecule has 0 fully saturated rings. The van der Waals surface area contributed by atoms with E-state index in [1.54, 1.807) is 7.11 Å². The Balaban J connectivity index is 2.62. The van der Waals surface area contributed by atoms with Gasteiger partial charge in [0.25, 0.3) is 0 Å². The molecule has 10 heavy (non-hydrogen) atoms. The zero-order chi connectivity index (χ0) is 7.61. The molecule has 0 atom stereocenters. The van der Waals surface area contributed by atoms with Crippen LogP contribution < -0.4 is 0 Å². The molecule has 0 saturated heterocycles. The monoisotopic (exact) mass is 143 g/mol. The van der Waals surface area contributed by atoms with Crippen LogP contribution in [-0.2, 0) is 9.57 Å². The van der Waals surface area contributed by atoms with Crippen molar-refractivity contribution >= 4 is 5.71 Å². The molecule has 3 heteroatoms. The normalized spacial score (nSPS) is 18.5. The standard InChI is InChI=1S/C7H13NO2/c1-7(2,9-3)6-4-5-10-8-6/h4-5H2,1-3H3. The molecule has 0 aromatic carbocycles. The molecule has 1 aliphatic heterocycles. The van der Waals surface area contributed by atoms with Crippen molar-refractivity contribution in [2.45, 2.75) is 25.9 Å². The molecule has 0 bridgehead atoms. The van der Waals surface area contributed by atoms with Gasteiger partial charge in [0.15, 0.2) is 0 Å². The summed E-state index contributed by atoms with van der Waals surface area (Å²) in [5.41, 5.74) is 0.742. The highest BCUT2D eigenvalue weighted by Gasteiger charge is 2.27. The lowest BCUT2D eigenvalue weighted by atomic mass is 10.0. The topological polar surface area (TPSA) is 30.8 Å². The predicted molar refractivity (Wildman–Crippen MR) is 39.1 cm³/mol. The number of methoxy groups -OCH3 is 1. The number of rotatable bonds is 2. The van der Waals surface area contributed by atoms with Gasteiger partial charge in [-0.3, -0.25) is 0 Å². The Bertz CT molecular complexity index is 152. The Morgan fingerprint density at radius 1 is 1.60 bits per heavy atom. The lowest BCUT2D eigenvalue weighted by molar-refractivity contribution is 0.0805. The van der Waals surface area contributed by atoms with Crippen LogP contribution in [-0.4, -0.2) is 25.0 Å². The van der Waals surface area contributed by atoms with Crippen LogP contribution in [0.2, 0.25) is 0 Å². The van der Waals surface area contributed by atoms with Gasteiger partial charge in [0.05, 0.1) is 5.71 Å². The van der Waals surface area contributed by atoms with Crippen molar-refractivity contribution < 1.29 is 9.57 Å². The molecule has 0 radical (unpaired) electrons. The number of oxime groups is 1. The quantitative estimate of drug-likeness (QED) is 0.581. The van der Waals surface area contributed by atoms with Gasteiger partial charge >= 0.3 is 0 Å². The molecule has 0 aliphatic carbocycles. The van der Waals surface area contributed by atoms with Crippen molar-refractivity contribution in [1.82, 2.24) is 0 Å². The van der Waals surface area contributed by atoms with Gasteiger partial charge in [-0.15, -0.1) is 0 Å². The summed E-state index contributed by atoms with van der Waals surface area (Å²) < 4.78 is 5.21. The summed E-state index contributed by atoms with van der Waals surface area (Å²) in [6.07, 6.45) is 0.890. The predicted octanol–water partition coefficient (Wildman–Crippen LogP) is 1.19. The van der Waals surface area contributed by atoms with Crippen LogP contribution in [0.25, 0.3) is 0 Å². The van der Waals surface area contributed by atoms with Crippen LogP contribution in [0.5, 0.6) is 0 Å². The maximum atomic E-state index is 5.21. The fourth-order valence-electron chi connectivity index (χ4n) is 0.840. The van der Waals surface area contributed by atoms with Crippen molar-refractivity contribution in [2.24, 2.45) is 5.16 Å².